The minimum absolute atomic E-state index is 0.178. The second-order valence-corrected chi connectivity index (χ2v) is 7.31. The number of carbonyl (C=O) groups excluding carboxylic acids is 1. The Bertz CT molecular complexity index is 715. The maximum atomic E-state index is 11.8. The average molecular weight is 355 g/mol. The van der Waals surface area contributed by atoms with Crippen LogP contribution in [0.3, 0.4) is 0 Å². The smallest absolute Gasteiger partial charge is 0.407 e. The SMILES string of the molecule is C#Cc1cc2cc(c1)C1NNC3CCC(CC31)OCCCNC(=O)OC2. The third-order valence-electron chi connectivity index (χ3n) is 5.56. The van der Waals surface area contributed by atoms with Gasteiger partial charge in [0.15, 0.2) is 0 Å². The van der Waals surface area contributed by atoms with Gasteiger partial charge in [-0.2, -0.15) is 0 Å². The van der Waals surface area contributed by atoms with E-state index in [2.05, 4.69) is 28.2 Å². The first kappa shape index (κ1) is 17.3. The molecule has 1 aromatic rings. The summed E-state index contributed by atoms with van der Waals surface area (Å²) >= 11 is 0. The lowest BCUT2D eigenvalue weighted by Gasteiger charge is -2.33. The highest BCUT2D eigenvalue weighted by molar-refractivity contribution is 5.67. The van der Waals surface area contributed by atoms with E-state index in [1.807, 2.05) is 12.1 Å². The predicted molar refractivity (Wildman–Crippen MR) is 97.1 cm³/mol. The molecule has 1 aliphatic carbocycles. The van der Waals surface area contributed by atoms with Gasteiger partial charge in [0, 0.05) is 24.8 Å². The van der Waals surface area contributed by atoms with Crippen LogP contribution in [0.25, 0.3) is 0 Å². The van der Waals surface area contributed by atoms with Gasteiger partial charge in [-0.05, 0) is 54.9 Å². The number of ether oxygens (including phenoxy) is 2. The summed E-state index contributed by atoms with van der Waals surface area (Å²) in [4.78, 5) is 11.8. The molecule has 4 atom stereocenters. The summed E-state index contributed by atoms with van der Waals surface area (Å²) in [7, 11) is 0. The quantitative estimate of drug-likeness (QED) is 0.621. The van der Waals surface area contributed by atoms with Gasteiger partial charge in [0.25, 0.3) is 0 Å². The van der Waals surface area contributed by atoms with E-state index >= 15 is 0 Å². The van der Waals surface area contributed by atoms with Crippen LogP contribution in [0.4, 0.5) is 4.79 Å². The number of carbonyl (C=O) groups is 1. The van der Waals surface area contributed by atoms with Gasteiger partial charge in [-0.25, -0.2) is 10.2 Å². The molecule has 4 unspecified atom stereocenters. The zero-order chi connectivity index (χ0) is 17.9. The Hall–Kier alpha value is -2.07. The Morgan fingerprint density at radius 2 is 2.12 bits per heavy atom. The molecule has 0 spiro atoms. The standard InChI is InChI=1S/C20H25N3O3/c1-2-13-8-14-10-15(9-13)19-17-11-16(4-5-18(17)22-23-19)25-7-3-6-21-20(24)26-12-14/h1,8-10,16-19,22-23H,3-7,11-12H2,(H,21,24). The van der Waals surface area contributed by atoms with Crippen molar-refractivity contribution in [1.82, 2.24) is 16.2 Å². The van der Waals surface area contributed by atoms with Crippen LogP contribution >= 0.6 is 0 Å². The average Bonchev–Trinajstić information content (AvgIpc) is 3.08. The summed E-state index contributed by atoms with van der Waals surface area (Å²) in [5.41, 5.74) is 9.75. The van der Waals surface area contributed by atoms with Crippen molar-refractivity contribution in [3.05, 3.63) is 34.9 Å². The van der Waals surface area contributed by atoms with Gasteiger partial charge in [0.2, 0.25) is 0 Å². The van der Waals surface area contributed by atoms with Crippen molar-refractivity contribution in [3.8, 4) is 12.3 Å². The van der Waals surface area contributed by atoms with Crippen LogP contribution in [-0.4, -0.2) is 31.4 Å². The van der Waals surface area contributed by atoms with Gasteiger partial charge in [-0.15, -0.1) is 6.42 Å². The highest BCUT2D eigenvalue weighted by atomic mass is 16.5. The molecule has 26 heavy (non-hydrogen) atoms. The predicted octanol–water partition coefficient (Wildman–Crippen LogP) is 2.00. The molecule has 0 radical (unpaired) electrons. The summed E-state index contributed by atoms with van der Waals surface area (Å²) in [6, 6.07) is 6.67. The maximum absolute atomic E-state index is 11.8. The van der Waals surface area contributed by atoms with Crippen LogP contribution < -0.4 is 16.2 Å². The molecule has 6 heteroatoms. The summed E-state index contributed by atoms with van der Waals surface area (Å²) in [6.07, 6.45) is 9.48. The Balaban J connectivity index is 1.64. The third-order valence-corrected chi connectivity index (χ3v) is 5.56. The van der Waals surface area contributed by atoms with Crippen molar-refractivity contribution in [2.24, 2.45) is 5.92 Å². The number of alkyl carbamates (subject to hydrolysis) is 1. The Morgan fingerprint density at radius 1 is 1.19 bits per heavy atom. The highest BCUT2D eigenvalue weighted by Gasteiger charge is 2.41. The van der Waals surface area contributed by atoms with Crippen LogP contribution in [0.2, 0.25) is 0 Å². The van der Waals surface area contributed by atoms with Crippen molar-refractivity contribution in [1.29, 1.82) is 0 Å². The highest BCUT2D eigenvalue weighted by Crippen LogP contribution is 2.39. The fourth-order valence-electron chi connectivity index (χ4n) is 4.28. The molecule has 6 nitrogen and oxygen atoms in total. The second kappa shape index (κ2) is 7.67. The molecule has 3 N–H and O–H groups in total. The minimum atomic E-state index is -0.410. The number of benzene rings is 1. The summed E-state index contributed by atoms with van der Waals surface area (Å²) in [5.74, 6) is 3.18. The van der Waals surface area contributed by atoms with Gasteiger partial charge in [-0.1, -0.05) is 12.0 Å². The van der Waals surface area contributed by atoms with Crippen molar-refractivity contribution >= 4 is 6.09 Å². The molecule has 2 fully saturated rings. The van der Waals surface area contributed by atoms with Crippen LogP contribution in [0, 0.1) is 18.3 Å². The molecule has 0 aromatic heterocycles. The zero-order valence-corrected chi connectivity index (χ0v) is 14.8. The van der Waals surface area contributed by atoms with Crippen LogP contribution in [-0.2, 0) is 16.1 Å². The van der Waals surface area contributed by atoms with Crippen molar-refractivity contribution < 1.29 is 14.3 Å². The molecule has 1 saturated carbocycles. The number of hydrogen-bond acceptors (Lipinski definition) is 5. The number of rotatable bonds is 0. The topological polar surface area (TPSA) is 71.6 Å². The lowest BCUT2D eigenvalue weighted by atomic mass is 9.78. The van der Waals surface area contributed by atoms with E-state index in [1.165, 1.54) is 0 Å². The molecule has 4 bridgehead atoms. The van der Waals surface area contributed by atoms with E-state index in [9.17, 15) is 4.79 Å². The normalized spacial score (nSPS) is 31.7. The van der Waals surface area contributed by atoms with E-state index in [-0.39, 0.29) is 18.8 Å². The van der Waals surface area contributed by atoms with Gasteiger partial charge in [0.1, 0.15) is 6.61 Å². The van der Waals surface area contributed by atoms with Gasteiger partial charge >= 0.3 is 6.09 Å². The van der Waals surface area contributed by atoms with Gasteiger partial charge < -0.3 is 14.8 Å². The summed E-state index contributed by atoms with van der Waals surface area (Å²) < 4.78 is 11.4. The van der Waals surface area contributed by atoms with Gasteiger partial charge in [0.05, 0.1) is 12.1 Å². The Morgan fingerprint density at radius 3 is 3.00 bits per heavy atom. The van der Waals surface area contributed by atoms with Crippen molar-refractivity contribution in [3.63, 3.8) is 0 Å². The number of hydrazine groups is 1. The third kappa shape index (κ3) is 3.70. The summed E-state index contributed by atoms with van der Waals surface area (Å²) in [5, 5.41) is 2.77. The van der Waals surface area contributed by atoms with E-state index in [4.69, 9.17) is 15.9 Å². The molecule has 2 heterocycles. The number of fused-ring (bicyclic) bond motifs is 4. The Kier molecular flexibility index (Phi) is 5.11. The first-order valence-electron chi connectivity index (χ1n) is 9.36. The number of amides is 1. The minimum Gasteiger partial charge on any atom is -0.445 e. The number of cyclic esters (lactones) is 1. The molecule has 3 aliphatic rings. The lowest BCUT2D eigenvalue weighted by molar-refractivity contribution is 0.00716. The molecule has 1 aromatic carbocycles. The first-order chi connectivity index (χ1) is 12.7. The number of hydrogen-bond donors (Lipinski definition) is 3. The molecule has 1 saturated heterocycles. The number of terminal acetylenes is 1. The second-order valence-electron chi connectivity index (χ2n) is 7.31. The molecular weight excluding hydrogens is 330 g/mol. The van der Waals surface area contributed by atoms with Crippen LogP contribution in [0.15, 0.2) is 18.2 Å². The van der Waals surface area contributed by atoms with E-state index < -0.39 is 6.09 Å². The fourth-order valence-corrected chi connectivity index (χ4v) is 4.28. The monoisotopic (exact) mass is 355 g/mol. The first-order valence-corrected chi connectivity index (χ1v) is 9.36. The van der Waals surface area contributed by atoms with Crippen molar-refractivity contribution in [2.75, 3.05) is 13.2 Å². The molecular formula is C20H25N3O3. The van der Waals surface area contributed by atoms with Crippen molar-refractivity contribution in [2.45, 2.75) is 50.5 Å². The molecule has 138 valence electrons. The van der Waals surface area contributed by atoms with E-state index in [1.54, 1.807) is 0 Å². The lowest BCUT2D eigenvalue weighted by Crippen LogP contribution is -2.37. The summed E-state index contributed by atoms with van der Waals surface area (Å²) in [6.45, 7) is 1.42. The maximum Gasteiger partial charge on any atom is 0.407 e. The van der Waals surface area contributed by atoms with Gasteiger partial charge in [-0.3, -0.25) is 5.43 Å². The van der Waals surface area contributed by atoms with E-state index in [0.29, 0.717) is 25.1 Å². The fraction of sp³-hybridized carbons (Fsp3) is 0.550. The van der Waals surface area contributed by atoms with Crippen LogP contribution in [0.1, 0.15) is 48.4 Å². The molecule has 1 amide bonds. The van der Waals surface area contributed by atoms with Crippen LogP contribution in [0.5, 0.6) is 0 Å². The molecule has 4 rings (SSSR count). The number of nitrogens with one attached hydrogen (secondary N) is 3. The molecule has 2 aliphatic heterocycles. The van der Waals surface area contributed by atoms with E-state index in [0.717, 1.165) is 42.4 Å². The Labute approximate surface area is 154 Å². The largest absolute Gasteiger partial charge is 0.445 e. The zero-order valence-electron chi connectivity index (χ0n) is 14.8.